The molecule has 1 aromatic carbocycles. The number of nitrogens with one attached hydrogen (secondary N) is 3. The zero-order valence-electron chi connectivity index (χ0n) is 18.5. The Bertz CT molecular complexity index is 1200. The molecule has 4 rings (SSSR count). The number of fused-ring (bicyclic) bond motifs is 1. The predicted molar refractivity (Wildman–Crippen MR) is 121 cm³/mol. The lowest BCUT2D eigenvalue weighted by Gasteiger charge is -2.20. The molecule has 1 aliphatic heterocycles. The molecular formula is C24H25N5O5. The minimum Gasteiger partial charge on any atom is -0.480 e. The Hall–Kier alpha value is -4.21. The van der Waals surface area contributed by atoms with E-state index in [1.807, 2.05) is 10.6 Å². The summed E-state index contributed by atoms with van der Waals surface area (Å²) in [7, 11) is 0. The SMILES string of the molecule is C[C@H](NC(=O)C1CCn2c(C(=O)c3ccccc3)ccc21)C(=O)N[C@@H](Cc1cnc[nH]1)C(=O)O. The first kappa shape index (κ1) is 23.0. The third-order valence-corrected chi connectivity index (χ3v) is 5.94. The maximum atomic E-state index is 12.9. The molecule has 10 nitrogen and oxygen atoms in total. The van der Waals surface area contributed by atoms with Gasteiger partial charge in [0.25, 0.3) is 0 Å². The van der Waals surface area contributed by atoms with E-state index in [-0.39, 0.29) is 18.1 Å². The van der Waals surface area contributed by atoms with Crippen molar-refractivity contribution in [2.45, 2.75) is 44.3 Å². The molecule has 10 heteroatoms. The summed E-state index contributed by atoms with van der Waals surface area (Å²) in [6, 6.07) is 10.3. The van der Waals surface area contributed by atoms with Gasteiger partial charge in [0, 0.05) is 36.1 Å². The van der Waals surface area contributed by atoms with Crippen molar-refractivity contribution >= 4 is 23.6 Å². The number of amides is 2. The van der Waals surface area contributed by atoms with Gasteiger partial charge in [0.1, 0.15) is 12.1 Å². The topological polar surface area (TPSA) is 146 Å². The van der Waals surface area contributed by atoms with Crippen molar-refractivity contribution in [1.29, 1.82) is 0 Å². The van der Waals surface area contributed by atoms with Gasteiger partial charge in [-0.25, -0.2) is 9.78 Å². The minimum atomic E-state index is -1.19. The molecular weight excluding hydrogens is 438 g/mol. The number of imidazole rings is 1. The lowest BCUT2D eigenvalue weighted by Crippen LogP contribution is -2.51. The number of hydrogen-bond acceptors (Lipinski definition) is 5. The quantitative estimate of drug-likeness (QED) is 0.351. The van der Waals surface area contributed by atoms with Gasteiger partial charge in [0.2, 0.25) is 17.6 Å². The van der Waals surface area contributed by atoms with Crippen molar-refractivity contribution in [1.82, 2.24) is 25.2 Å². The number of nitrogens with zero attached hydrogens (tertiary/aromatic N) is 2. The fourth-order valence-electron chi connectivity index (χ4n) is 4.14. The highest BCUT2D eigenvalue weighted by Crippen LogP contribution is 2.31. The monoisotopic (exact) mass is 463 g/mol. The van der Waals surface area contributed by atoms with E-state index in [1.165, 1.54) is 19.4 Å². The fourth-order valence-corrected chi connectivity index (χ4v) is 4.14. The van der Waals surface area contributed by atoms with Gasteiger partial charge < -0.3 is 25.3 Å². The number of aromatic amines is 1. The van der Waals surface area contributed by atoms with Gasteiger partial charge in [0.05, 0.1) is 17.9 Å². The van der Waals surface area contributed by atoms with E-state index in [0.29, 0.717) is 35.6 Å². The van der Waals surface area contributed by atoms with Crippen LogP contribution in [0.25, 0.3) is 0 Å². The van der Waals surface area contributed by atoms with Gasteiger partial charge in [-0.3, -0.25) is 14.4 Å². The zero-order valence-corrected chi connectivity index (χ0v) is 18.5. The van der Waals surface area contributed by atoms with Crippen LogP contribution in [0.4, 0.5) is 0 Å². The molecule has 0 saturated carbocycles. The largest absolute Gasteiger partial charge is 0.480 e. The summed E-state index contributed by atoms with van der Waals surface area (Å²) in [6.07, 6.45) is 3.45. The fraction of sp³-hybridized carbons (Fsp3) is 0.292. The third-order valence-electron chi connectivity index (χ3n) is 5.94. The second-order valence-electron chi connectivity index (χ2n) is 8.24. The molecule has 3 atom stereocenters. The third kappa shape index (κ3) is 4.75. The molecule has 0 fully saturated rings. The van der Waals surface area contributed by atoms with Crippen LogP contribution in [-0.2, 0) is 27.3 Å². The highest BCUT2D eigenvalue weighted by molar-refractivity contribution is 6.08. The van der Waals surface area contributed by atoms with E-state index < -0.39 is 29.9 Å². The minimum absolute atomic E-state index is 0.0378. The number of aromatic nitrogens is 3. The number of benzene rings is 1. The lowest BCUT2D eigenvalue weighted by molar-refractivity contribution is -0.142. The predicted octanol–water partition coefficient (Wildman–Crippen LogP) is 1.25. The molecule has 0 bridgehead atoms. The highest BCUT2D eigenvalue weighted by Gasteiger charge is 2.33. The van der Waals surface area contributed by atoms with Crippen molar-refractivity contribution in [3.05, 3.63) is 77.6 Å². The van der Waals surface area contributed by atoms with Gasteiger partial charge in [-0.15, -0.1) is 0 Å². The normalized spacial score (nSPS) is 16.3. The van der Waals surface area contributed by atoms with Crippen LogP contribution in [-0.4, -0.2) is 55.3 Å². The number of H-pyrrole nitrogens is 1. The lowest BCUT2D eigenvalue weighted by atomic mass is 10.0. The van der Waals surface area contributed by atoms with Crippen molar-refractivity contribution in [3.8, 4) is 0 Å². The number of rotatable bonds is 9. The van der Waals surface area contributed by atoms with Gasteiger partial charge in [-0.05, 0) is 25.5 Å². The molecule has 3 heterocycles. The molecule has 1 unspecified atom stereocenters. The van der Waals surface area contributed by atoms with Gasteiger partial charge in [-0.1, -0.05) is 30.3 Å². The van der Waals surface area contributed by atoms with Gasteiger partial charge in [0.15, 0.2) is 0 Å². The second-order valence-corrected chi connectivity index (χ2v) is 8.24. The number of carboxylic acid groups (broad SMARTS) is 1. The van der Waals surface area contributed by atoms with Crippen LogP contribution in [0.2, 0.25) is 0 Å². The first-order chi connectivity index (χ1) is 16.3. The molecule has 0 spiro atoms. The molecule has 2 aromatic heterocycles. The highest BCUT2D eigenvalue weighted by atomic mass is 16.4. The van der Waals surface area contributed by atoms with E-state index in [4.69, 9.17) is 0 Å². The average molecular weight is 463 g/mol. The number of carboxylic acids is 1. The number of hydrogen-bond donors (Lipinski definition) is 4. The van der Waals surface area contributed by atoms with Crippen molar-refractivity contribution in [2.75, 3.05) is 0 Å². The molecule has 0 aliphatic carbocycles. The molecule has 176 valence electrons. The maximum absolute atomic E-state index is 12.9. The smallest absolute Gasteiger partial charge is 0.326 e. The number of carbonyl (C=O) groups excluding carboxylic acids is 3. The molecule has 4 N–H and O–H groups in total. The second kappa shape index (κ2) is 9.74. The van der Waals surface area contributed by atoms with E-state index >= 15 is 0 Å². The van der Waals surface area contributed by atoms with Crippen molar-refractivity contribution in [3.63, 3.8) is 0 Å². The Labute approximate surface area is 195 Å². The van der Waals surface area contributed by atoms with Crippen LogP contribution in [0.1, 0.15) is 46.7 Å². The number of aliphatic carboxylic acids is 1. The number of carbonyl (C=O) groups is 4. The maximum Gasteiger partial charge on any atom is 0.326 e. The Kier molecular flexibility index (Phi) is 6.58. The summed E-state index contributed by atoms with van der Waals surface area (Å²) in [5, 5.41) is 14.6. The summed E-state index contributed by atoms with van der Waals surface area (Å²) >= 11 is 0. The summed E-state index contributed by atoms with van der Waals surface area (Å²) in [5.41, 5.74) is 2.37. The van der Waals surface area contributed by atoms with Crippen molar-refractivity contribution < 1.29 is 24.3 Å². The standard InChI is InChI=1S/C24H25N5O5/c1-14(22(31)28-18(24(33)34)11-16-12-25-13-26-16)27-23(32)17-9-10-29-19(17)7-8-20(29)21(30)15-5-3-2-4-6-15/h2-8,12-14,17-18H,9-11H2,1H3,(H,25,26)(H,27,32)(H,28,31)(H,33,34)/t14-,17?,18-/m0/s1. The molecule has 3 aromatic rings. The van der Waals surface area contributed by atoms with Gasteiger partial charge in [-0.2, -0.15) is 0 Å². The van der Waals surface area contributed by atoms with Gasteiger partial charge >= 0.3 is 5.97 Å². The Morgan fingerprint density at radius 3 is 2.59 bits per heavy atom. The molecule has 0 radical (unpaired) electrons. The van der Waals surface area contributed by atoms with E-state index in [1.54, 1.807) is 36.4 Å². The molecule has 34 heavy (non-hydrogen) atoms. The van der Waals surface area contributed by atoms with Crippen LogP contribution < -0.4 is 10.6 Å². The Morgan fingerprint density at radius 1 is 1.15 bits per heavy atom. The van der Waals surface area contributed by atoms with Crippen LogP contribution >= 0.6 is 0 Å². The van der Waals surface area contributed by atoms with E-state index in [9.17, 15) is 24.3 Å². The van der Waals surface area contributed by atoms with E-state index in [0.717, 1.165) is 0 Å². The van der Waals surface area contributed by atoms with Crippen LogP contribution in [0.3, 0.4) is 0 Å². The average Bonchev–Trinajstić information content (AvgIpc) is 3.56. The van der Waals surface area contributed by atoms with Crippen LogP contribution in [0.5, 0.6) is 0 Å². The molecule has 0 saturated heterocycles. The van der Waals surface area contributed by atoms with Crippen LogP contribution in [0.15, 0.2) is 55.0 Å². The summed E-state index contributed by atoms with van der Waals surface area (Å²) in [4.78, 5) is 56.5. The summed E-state index contributed by atoms with van der Waals surface area (Å²) < 4.78 is 1.84. The Balaban J connectivity index is 1.39. The summed E-state index contributed by atoms with van der Waals surface area (Å²) in [5.74, 6) is -2.76. The molecule has 1 aliphatic rings. The van der Waals surface area contributed by atoms with Crippen LogP contribution in [0, 0.1) is 0 Å². The summed E-state index contributed by atoms with van der Waals surface area (Å²) in [6.45, 7) is 2.01. The number of ketones is 1. The zero-order chi connectivity index (χ0) is 24.2. The van der Waals surface area contributed by atoms with E-state index in [2.05, 4.69) is 20.6 Å². The molecule has 2 amide bonds. The first-order valence-electron chi connectivity index (χ1n) is 10.9. The first-order valence-corrected chi connectivity index (χ1v) is 10.9. The Morgan fingerprint density at radius 2 is 1.91 bits per heavy atom. The van der Waals surface area contributed by atoms with Crippen molar-refractivity contribution in [2.24, 2.45) is 0 Å².